The van der Waals surface area contributed by atoms with Crippen LogP contribution in [0.5, 0.6) is 11.5 Å². The van der Waals surface area contributed by atoms with Crippen LogP contribution in [0.15, 0.2) is 12.1 Å². The molecule has 2 heterocycles. The molecule has 1 aromatic rings. The SMILES string of the molecule is CCOc1c(Cl)cc(C(=O)N2C[C@H]3CNC[C@H]3C2)cc1OC.Cl. The van der Waals surface area contributed by atoms with Crippen LogP contribution in [-0.4, -0.2) is 50.7 Å². The topological polar surface area (TPSA) is 50.8 Å². The van der Waals surface area contributed by atoms with Gasteiger partial charge < -0.3 is 19.7 Å². The lowest BCUT2D eigenvalue weighted by atomic mass is 10.0. The van der Waals surface area contributed by atoms with Crippen molar-refractivity contribution in [3.8, 4) is 11.5 Å². The first-order chi connectivity index (χ1) is 10.6. The number of carbonyl (C=O) groups is 1. The summed E-state index contributed by atoms with van der Waals surface area (Å²) in [4.78, 5) is 14.6. The van der Waals surface area contributed by atoms with Gasteiger partial charge in [-0.2, -0.15) is 0 Å². The molecule has 0 aliphatic carbocycles. The van der Waals surface area contributed by atoms with E-state index in [0.29, 0.717) is 40.5 Å². The molecule has 1 aromatic carbocycles. The van der Waals surface area contributed by atoms with Gasteiger partial charge in [0.05, 0.1) is 18.7 Å². The minimum absolute atomic E-state index is 0. The van der Waals surface area contributed by atoms with Crippen molar-refractivity contribution >= 4 is 29.9 Å². The number of hydrogen-bond acceptors (Lipinski definition) is 4. The lowest BCUT2D eigenvalue weighted by Gasteiger charge is -2.19. The molecule has 5 nitrogen and oxygen atoms in total. The van der Waals surface area contributed by atoms with Crippen molar-refractivity contribution in [2.45, 2.75) is 6.92 Å². The van der Waals surface area contributed by atoms with Crippen molar-refractivity contribution in [3.05, 3.63) is 22.7 Å². The summed E-state index contributed by atoms with van der Waals surface area (Å²) in [6.07, 6.45) is 0. The zero-order chi connectivity index (χ0) is 15.7. The van der Waals surface area contributed by atoms with Gasteiger partial charge in [-0.1, -0.05) is 11.6 Å². The quantitative estimate of drug-likeness (QED) is 0.895. The second kappa shape index (κ2) is 7.60. The fourth-order valence-corrected chi connectivity index (χ4v) is 3.60. The van der Waals surface area contributed by atoms with Gasteiger partial charge in [0.2, 0.25) is 0 Å². The summed E-state index contributed by atoms with van der Waals surface area (Å²) in [6.45, 7) is 5.99. The summed E-state index contributed by atoms with van der Waals surface area (Å²) in [6, 6.07) is 3.38. The Hall–Kier alpha value is -1.17. The maximum atomic E-state index is 12.7. The molecule has 0 saturated carbocycles. The normalized spacial score (nSPS) is 22.5. The average Bonchev–Trinajstić information content (AvgIpc) is 3.09. The third kappa shape index (κ3) is 3.52. The minimum atomic E-state index is 0. The average molecular weight is 361 g/mol. The molecule has 1 amide bonds. The molecule has 0 bridgehead atoms. The highest BCUT2D eigenvalue weighted by Crippen LogP contribution is 2.37. The van der Waals surface area contributed by atoms with Crippen molar-refractivity contribution in [2.24, 2.45) is 11.8 Å². The molecule has 2 saturated heterocycles. The number of nitrogens with zero attached hydrogens (tertiary/aromatic N) is 1. The third-order valence-corrected chi connectivity index (χ3v) is 4.72. The van der Waals surface area contributed by atoms with Gasteiger partial charge in [-0.15, -0.1) is 12.4 Å². The van der Waals surface area contributed by atoms with Crippen LogP contribution in [0.2, 0.25) is 5.02 Å². The summed E-state index contributed by atoms with van der Waals surface area (Å²) in [5.41, 5.74) is 0.554. The summed E-state index contributed by atoms with van der Waals surface area (Å²) in [7, 11) is 1.55. The number of fused-ring (bicyclic) bond motifs is 1. The number of amides is 1. The van der Waals surface area contributed by atoms with Gasteiger partial charge in [0.15, 0.2) is 11.5 Å². The monoisotopic (exact) mass is 360 g/mol. The zero-order valence-electron chi connectivity index (χ0n) is 13.3. The highest BCUT2D eigenvalue weighted by atomic mass is 35.5. The first kappa shape index (κ1) is 18.2. The Bertz CT molecular complexity index is 571. The fourth-order valence-electron chi connectivity index (χ4n) is 3.33. The van der Waals surface area contributed by atoms with E-state index in [9.17, 15) is 4.79 Å². The smallest absolute Gasteiger partial charge is 0.254 e. The Morgan fingerprint density at radius 3 is 2.57 bits per heavy atom. The standard InChI is InChI=1S/C16H21ClN2O3.ClH/c1-3-22-15-13(17)4-10(5-14(15)21-2)16(20)19-8-11-6-18-7-12(11)9-19;/h4-5,11-12,18H,3,6-9H2,1-2H3;1H/t11-,12+;. The number of methoxy groups -OCH3 is 1. The maximum absolute atomic E-state index is 12.7. The van der Waals surface area contributed by atoms with E-state index in [1.807, 2.05) is 11.8 Å². The highest BCUT2D eigenvalue weighted by Gasteiger charge is 2.38. The first-order valence-corrected chi connectivity index (χ1v) is 8.02. The molecule has 0 spiro atoms. The van der Waals surface area contributed by atoms with Crippen LogP contribution in [0.25, 0.3) is 0 Å². The van der Waals surface area contributed by atoms with Gasteiger partial charge in [0, 0.05) is 31.7 Å². The predicted molar refractivity (Wildman–Crippen MR) is 92.2 cm³/mol. The van der Waals surface area contributed by atoms with Crippen LogP contribution in [0.1, 0.15) is 17.3 Å². The molecule has 3 rings (SSSR count). The van der Waals surface area contributed by atoms with Gasteiger partial charge in [-0.05, 0) is 30.9 Å². The zero-order valence-corrected chi connectivity index (χ0v) is 14.9. The number of nitrogens with one attached hydrogen (secondary N) is 1. The molecule has 2 fully saturated rings. The van der Waals surface area contributed by atoms with E-state index >= 15 is 0 Å². The van der Waals surface area contributed by atoms with Crippen molar-refractivity contribution < 1.29 is 14.3 Å². The molecule has 2 aliphatic heterocycles. The molecule has 7 heteroatoms. The predicted octanol–water partition coefficient (Wildman–Crippen LogP) is 2.46. The number of rotatable bonds is 4. The second-order valence-electron chi connectivity index (χ2n) is 5.81. The molecular formula is C16H22Cl2N2O3. The molecular weight excluding hydrogens is 339 g/mol. The van der Waals surface area contributed by atoms with E-state index in [4.69, 9.17) is 21.1 Å². The van der Waals surface area contributed by atoms with Gasteiger partial charge >= 0.3 is 0 Å². The molecule has 0 unspecified atom stereocenters. The van der Waals surface area contributed by atoms with Gasteiger partial charge in [0.25, 0.3) is 5.91 Å². The Balaban J connectivity index is 0.00000192. The Kier molecular flexibility index (Phi) is 6.00. The van der Waals surface area contributed by atoms with Crippen LogP contribution < -0.4 is 14.8 Å². The van der Waals surface area contributed by atoms with Crippen LogP contribution in [0, 0.1) is 11.8 Å². The van der Waals surface area contributed by atoms with E-state index in [1.54, 1.807) is 19.2 Å². The molecule has 23 heavy (non-hydrogen) atoms. The number of ether oxygens (including phenoxy) is 2. The second-order valence-corrected chi connectivity index (χ2v) is 6.22. The molecule has 0 radical (unpaired) electrons. The van der Waals surface area contributed by atoms with Gasteiger partial charge in [-0.3, -0.25) is 4.79 Å². The summed E-state index contributed by atoms with van der Waals surface area (Å²) in [5.74, 6) is 2.15. The Morgan fingerprint density at radius 1 is 1.35 bits per heavy atom. The van der Waals surface area contributed by atoms with E-state index < -0.39 is 0 Å². The summed E-state index contributed by atoms with van der Waals surface area (Å²) >= 11 is 6.25. The number of carbonyl (C=O) groups excluding carboxylic acids is 1. The number of likely N-dealkylation sites (tertiary alicyclic amines) is 1. The van der Waals surface area contributed by atoms with Crippen molar-refractivity contribution in [1.29, 1.82) is 0 Å². The van der Waals surface area contributed by atoms with E-state index in [1.165, 1.54) is 0 Å². The van der Waals surface area contributed by atoms with E-state index in [-0.39, 0.29) is 18.3 Å². The molecule has 2 atom stereocenters. The van der Waals surface area contributed by atoms with Crippen molar-refractivity contribution in [2.75, 3.05) is 39.9 Å². The number of benzene rings is 1. The van der Waals surface area contributed by atoms with E-state index in [0.717, 1.165) is 26.2 Å². The first-order valence-electron chi connectivity index (χ1n) is 7.64. The largest absolute Gasteiger partial charge is 0.493 e. The van der Waals surface area contributed by atoms with Crippen LogP contribution in [0.4, 0.5) is 0 Å². The molecule has 128 valence electrons. The third-order valence-electron chi connectivity index (χ3n) is 4.44. The minimum Gasteiger partial charge on any atom is -0.493 e. The molecule has 2 aliphatic rings. The number of hydrogen-bond donors (Lipinski definition) is 1. The summed E-state index contributed by atoms with van der Waals surface area (Å²) in [5, 5.41) is 3.78. The highest BCUT2D eigenvalue weighted by molar-refractivity contribution is 6.32. The lowest BCUT2D eigenvalue weighted by Crippen LogP contribution is -2.31. The van der Waals surface area contributed by atoms with Crippen LogP contribution in [-0.2, 0) is 0 Å². The van der Waals surface area contributed by atoms with E-state index in [2.05, 4.69) is 5.32 Å². The Morgan fingerprint density at radius 2 is 2.00 bits per heavy atom. The maximum Gasteiger partial charge on any atom is 0.254 e. The summed E-state index contributed by atoms with van der Waals surface area (Å²) < 4.78 is 10.8. The van der Waals surface area contributed by atoms with Crippen molar-refractivity contribution in [3.63, 3.8) is 0 Å². The number of halogens is 2. The van der Waals surface area contributed by atoms with Crippen LogP contribution >= 0.6 is 24.0 Å². The van der Waals surface area contributed by atoms with Gasteiger partial charge in [0.1, 0.15) is 0 Å². The molecule has 0 aromatic heterocycles. The Labute approximate surface area is 147 Å². The lowest BCUT2D eigenvalue weighted by molar-refractivity contribution is 0.0781. The molecule has 1 N–H and O–H groups in total. The fraction of sp³-hybridized carbons (Fsp3) is 0.562. The van der Waals surface area contributed by atoms with Crippen LogP contribution in [0.3, 0.4) is 0 Å². The van der Waals surface area contributed by atoms with Gasteiger partial charge in [-0.25, -0.2) is 0 Å². The van der Waals surface area contributed by atoms with Crippen molar-refractivity contribution in [1.82, 2.24) is 10.2 Å².